The minimum absolute atomic E-state index is 0.0259. The van der Waals surface area contributed by atoms with E-state index in [1.165, 1.54) is 6.07 Å². The van der Waals surface area contributed by atoms with E-state index in [-0.39, 0.29) is 5.56 Å². The first-order chi connectivity index (χ1) is 11.6. The summed E-state index contributed by atoms with van der Waals surface area (Å²) in [5.41, 5.74) is 0.500. The molecule has 0 saturated carbocycles. The third-order valence-electron chi connectivity index (χ3n) is 4.18. The summed E-state index contributed by atoms with van der Waals surface area (Å²) in [5.74, 6) is -0.949. The van der Waals surface area contributed by atoms with Gasteiger partial charge in [-0.1, -0.05) is 6.07 Å². The highest BCUT2D eigenvalue weighted by atomic mass is 19.1. The van der Waals surface area contributed by atoms with Crippen LogP contribution in [0, 0.1) is 5.82 Å². The summed E-state index contributed by atoms with van der Waals surface area (Å²) < 4.78 is 14.0. The van der Waals surface area contributed by atoms with Gasteiger partial charge in [0.2, 0.25) is 5.95 Å². The molecule has 2 N–H and O–H groups in total. The van der Waals surface area contributed by atoms with Crippen molar-refractivity contribution in [2.24, 2.45) is 0 Å². The van der Waals surface area contributed by atoms with Gasteiger partial charge in [-0.15, -0.1) is 0 Å². The van der Waals surface area contributed by atoms with E-state index >= 15 is 0 Å². The minimum atomic E-state index is -1.12. The molecule has 0 spiro atoms. The average Bonchev–Trinajstić information content (AvgIpc) is 2.59. The lowest BCUT2D eigenvalue weighted by molar-refractivity contribution is 0.0696. The molecule has 0 amide bonds. The van der Waals surface area contributed by atoms with Crippen LogP contribution in [-0.4, -0.2) is 45.1 Å². The topological polar surface area (TPSA) is 78.4 Å². The Kier molecular flexibility index (Phi) is 5.00. The maximum absolute atomic E-state index is 14.0. The number of hydrogen-bond donors (Lipinski definition) is 2. The molecule has 2 aromatic rings. The fourth-order valence-electron chi connectivity index (χ4n) is 2.84. The van der Waals surface area contributed by atoms with Crippen LogP contribution in [0.2, 0.25) is 0 Å². The monoisotopic (exact) mass is 330 g/mol. The number of likely N-dealkylation sites (tertiary alicyclic amines) is 1. The molecule has 1 aromatic heterocycles. The normalized spacial score (nSPS) is 16.0. The predicted molar refractivity (Wildman–Crippen MR) is 87.3 cm³/mol. The maximum atomic E-state index is 14.0. The Balaban J connectivity index is 1.53. The van der Waals surface area contributed by atoms with E-state index < -0.39 is 11.8 Å². The predicted octanol–water partition coefficient (Wildman–Crippen LogP) is 2.39. The number of anilines is 1. The Labute approximate surface area is 139 Å². The zero-order valence-electron chi connectivity index (χ0n) is 13.2. The smallest absolute Gasteiger partial charge is 0.335 e. The van der Waals surface area contributed by atoms with Gasteiger partial charge in [-0.2, -0.15) is 0 Å². The van der Waals surface area contributed by atoms with Crippen LogP contribution in [0.25, 0.3) is 0 Å². The van der Waals surface area contributed by atoms with Crippen molar-refractivity contribution in [1.82, 2.24) is 14.9 Å². The van der Waals surface area contributed by atoms with Crippen LogP contribution in [-0.2, 0) is 6.54 Å². The van der Waals surface area contributed by atoms with Crippen molar-refractivity contribution in [2.45, 2.75) is 25.4 Å². The lowest BCUT2D eigenvalue weighted by Gasteiger charge is -2.32. The molecule has 1 aliphatic rings. The van der Waals surface area contributed by atoms with Gasteiger partial charge < -0.3 is 10.4 Å². The summed E-state index contributed by atoms with van der Waals surface area (Å²) in [6.45, 7) is 2.16. The van der Waals surface area contributed by atoms with Gasteiger partial charge in [0, 0.05) is 43.6 Å². The van der Waals surface area contributed by atoms with Crippen LogP contribution in [0.15, 0.2) is 36.7 Å². The molecule has 7 heteroatoms. The quantitative estimate of drug-likeness (QED) is 0.876. The van der Waals surface area contributed by atoms with Crippen molar-refractivity contribution in [2.75, 3.05) is 18.4 Å². The van der Waals surface area contributed by atoms with Gasteiger partial charge in [0.25, 0.3) is 0 Å². The molecule has 0 atom stereocenters. The van der Waals surface area contributed by atoms with Crippen molar-refractivity contribution in [3.8, 4) is 0 Å². The molecule has 6 nitrogen and oxygen atoms in total. The van der Waals surface area contributed by atoms with Crippen LogP contribution in [0.3, 0.4) is 0 Å². The van der Waals surface area contributed by atoms with Gasteiger partial charge in [0.15, 0.2) is 0 Å². The number of nitrogens with zero attached hydrogens (tertiary/aromatic N) is 3. The number of nitrogens with one attached hydrogen (secondary N) is 1. The molecule has 1 aliphatic heterocycles. The molecular formula is C17H19FN4O2. The fourth-order valence-corrected chi connectivity index (χ4v) is 2.84. The molecule has 126 valence electrons. The van der Waals surface area contributed by atoms with Gasteiger partial charge in [-0.3, -0.25) is 4.90 Å². The van der Waals surface area contributed by atoms with E-state index in [0.717, 1.165) is 32.0 Å². The Hall–Kier alpha value is -2.54. The number of aromatic nitrogens is 2. The molecule has 0 radical (unpaired) electrons. The van der Waals surface area contributed by atoms with Crippen molar-refractivity contribution < 1.29 is 14.3 Å². The van der Waals surface area contributed by atoms with Crippen molar-refractivity contribution in [1.29, 1.82) is 0 Å². The third kappa shape index (κ3) is 4.05. The minimum Gasteiger partial charge on any atom is -0.478 e. The first kappa shape index (κ1) is 16.3. The number of rotatable bonds is 5. The lowest BCUT2D eigenvalue weighted by atomic mass is 10.0. The summed E-state index contributed by atoms with van der Waals surface area (Å²) in [7, 11) is 0. The second-order valence-corrected chi connectivity index (χ2v) is 5.88. The Morgan fingerprint density at radius 2 is 2.00 bits per heavy atom. The molecule has 0 unspecified atom stereocenters. The number of halogens is 1. The molecular weight excluding hydrogens is 311 g/mol. The first-order valence-corrected chi connectivity index (χ1v) is 7.89. The lowest BCUT2D eigenvalue weighted by Crippen LogP contribution is -2.39. The van der Waals surface area contributed by atoms with Crippen LogP contribution in [0.4, 0.5) is 10.3 Å². The standard InChI is InChI=1S/C17H19FN4O2/c18-15-10-12(16(23)24)2-3-13(15)11-22-8-4-14(5-9-22)21-17-19-6-1-7-20-17/h1-3,6-7,10,14H,4-5,8-9,11H2,(H,23,24)(H,19,20,21). The van der Waals surface area contributed by atoms with E-state index in [1.807, 2.05) is 0 Å². The maximum Gasteiger partial charge on any atom is 0.335 e. The Morgan fingerprint density at radius 3 is 2.62 bits per heavy atom. The van der Waals surface area contributed by atoms with E-state index in [0.29, 0.717) is 24.1 Å². The Morgan fingerprint density at radius 1 is 1.29 bits per heavy atom. The van der Waals surface area contributed by atoms with Crippen molar-refractivity contribution in [3.63, 3.8) is 0 Å². The fraction of sp³-hybridized carbons (Fsp3) is 0.353. The zero-order valence-corrected chi connectivity index (χ0v) is 13.2. The molecule has 24 heavy (non-hydrogen) atoms. The highest BCUT2D eigenvalue weighted by Crippen LogP contribution is 2.18. The number of carboxylic acids is 1. The number of benzene rings is 1. The number of hydrogen-bond acceptors (Lipinski definition) is 5. The van der Waals surface area contributed by atoms with Gasteiger partial charge in [-0.25, -0.2) is 19.2 Å². The summed E-state index contributed by atoms with van der Waals surface area (Å²) >= 11 is 0. The second-order valence-electron chi connectivity index (χ2n) is 5.88. The number of aromatic carboxylic acids is 1. The SMILES string of the molecule is O=C(O)c1ccc(CN2CCC(Nc3ncccn3)CC2)c(F)c1. The third-order valence-corrected chi connectivity index (χ3v) is 4.18. The van der Waals surface area contributed by atoms with Crippen LogP contribution < -0.4 is 5.32 Å². The molecule has 2 heterocycles. The largest absolute Gasteiger partial charge is 0.478 e. The zero-order chi connectivity index (χ0) is 16.9. The summed E-state index contributed by atoms with van der Waals surface area (Å²) in [6.07, 6.45) is 5.25. The molecule has 1 saturated heterocycles. The van der Waals surface area contributed by atoms with E-state index in [4.69, 9.17) is 5.11 Å². The first-order valence-electron chi connectivity index (χ1n) is 7.89. The van der Waals surface area contributed by atoms with Gasteiger partial charge >= 0.3 is 5.97 Å². The van der Waals surface area contributed by atoms with Crippen LogP contribution in [0.5, 0.6) is 0 Å². The second kappa shape index (κ2) is 7.35. The highest BCUT2D eigenvalue weighted by molar-refractivity contribution is 5.87. The average molecular weight is 330 g/mol. The van der Waals surface area contributed by atoms with Gasteiger partial charge in [0.1, 0.15) is 5.82 Å². The van der Waals surface area contributed by atoms with Crippen LogP contribution >= 0.6 is 0 Å². The summed E-state index contributed by atoms with van der Waals surface area (Å²) in [4.78, 5) is 21.3. The van der Waals surface area contributed by atoms with Gasteiger partial charge in [-0.05, 0) is 31.0 Å². The van der Waals surface area contributed by atoms with E-state index in [1.54, 1.807) is 24.5 Å². The van der Waals surface area contributed by atoms with Crippen molar-refractivity contribution >= 4 is 11.9 Å². The Bertz CT molecular complexity index is 703. The molecule has 0 aliphatic carbocycles. The highest BCUT2D eigenvalue weighted by Gasteiger charge is 2.20. The molecule has 3 rings (SSSR count). The molecule has 0 bridgehead atoms. The number of piperidine rings is 1. The number of carboxylic acid groups (broad SMARTS) is 1. The number of carbonyl (C=O) groups is 1. The van der Waals surface area contributed by atoms with E-state index in [9.17, 15) is 9.18 Å². The summed E-state index contributed by atoms with van der Waals surface area (Å²) in [5, 5.41) is 12.2. The van der Waals surface area contributed by atoms with Gasteiger partial charge in [0.05, 0.1) is 5.56 Å². The summed E-state index contributed by atoms with van der Waals surface area (Å²) in [6, 6.07) is 6.17. The van der Waals surface area contributed by atoms with Crippen LogP contribution in [0.1, 0.15) is 28.8 Å². The molecule has 1 fully saturated rings. The van der Waals surface area contributed by atoms with E-state index in [2.05, 4.69) is 20.2 Å². The molecule has 1 aromatic carbocycles. The van der Waals surface area contributed by atoms with Crippen molar-refractivity contribution in [3.05, 3.63) is 53.6 Å².